The number of aromatic nitrogens is 3. The van der Waals surface area contributed by atoms with Crippen LogP contribution in [0, 0.1) is 26.7 Å². The van der Waals surface area contributed by atoms with Crippen LogP contribution in [0.2, 0.25) is 0 Å². The molecule has 2 aromatic rings. The zero-order chi connectivity index (χ0) is 14.7. The summed E-state index contributed by atoms with van der Waals surface area (Å²) in [6, 6.07) is 3.67. The predicted octanol–water partition coefficient (Wildman–Crippen LogP) is 1.86. The van der Waals surface area contributed by atoms with Crippen molar-refractivity contribution in [2.24, 2.45) is 5.92 Å². The summed E-state index contributed by atoms with van der Waals surface area (Å²) in [7, 11) is 0. The molecule has 0 saturated heterocycles. The van der Waals surface area contributed by atoms with E-state index < -0.39 is 0 Å². The summed E-state index contributed by atoms with van der Waals surface area (Å²) in [6.45, 7) is 9.20. The highest BCUT2D eigenvalue weighted by Crippen LogP contribution is 2.07. The van der Waals surface area contributed by atoms with E-state index in [0.717, 1.165) is 17.9 Å². The van der Waals surface area contributed by atoms with Gasteiger partial charge in [-0.1, -0.05) is 12.1 Å². The minimum atomic E-state index is -0.231. The molecular formula is C14H20N4O2. The topological polar surface area (TPSA) is 73.0 Å². The zero-order valence-corrected chi connectivity index (χ0v) is 12.3. The first kappa shape index (κ1) is 14.3. The van der Waals surface area contributed by atoms with E-state index in [1.54, 1.807) is 13.0 Å². The lowest BCUT2D eigenvalue weighted by molar-refractivity contribution is 0.0909. The van der Waals surface area contributed by atoms with Gasteiger partial charge in [-0.3, -0.25) is 9.48 Å². The average Bonchev–Trinajstić information content (AvgIpc) is 2.93. The first-order valence-electron chi connectivity index (χ1n) is 6.68. The van der Waals surface area contributed by atoms with Crippen LogP contribution in [0.4, 0.5) is 0 Å². The van der Waals surface area contributed by atoms with Gasteiger partial charge in [0.2, 0.25) is 5.76 Å². The summed E-state index contributed by atoms with van der Waals surface area (Å²) in [5, 5.41) is 11.0. The van der Waals surface area contributed by atoms with Gasteiger partial charge >= 0.3 is 0 Å². The molecule has 1 amide bonds. The van der Waals surface area contributed by atoms with E-state index in [2.05, 4.69) is 22.5 Å². The lowest BCUT2D eigenvalue weighted by Crippen LogP contribution is -2.30. The summed E-state index contributed by atoms with van der Waals surface area (Å²) in [6.07, 6.45) is 0. The molecule has 6 nitrogen and oxygen atoms in total. The maximum atomic E-state index is 11.8. The number of carbonyl (C=O) groups excluding carboxylic acids is 1. The second-order valence-electron chi connectivity index (χ2n) is 5.26. The Bertz CT molecular complexity index is 600. The minimum Gasteiger partial charge on any atom is -0.351 e. The Morgan fingerprint density at radius 1 is 1.35 bits per heavy atom. The molecular weight excluding hydrogens is 256 g/mol. The largest absolute Gasteiger partial charge is 0.351 e. The van der Waals surface area contributed by atoms with Gasteiger partial charge in [0.05, 0.1) is 11.4 Å². The molecule has 0 bridgehead atoms. The summed E-state index contributed by atoms with van der Waals surface area (Å²) >= 11 is 0. The molecule has 0 spiro atoms. The number of aryl methyl sites for hydroxylation is 3. The smallest absolute Gasteiger partial charge is 0.289 e. The molecule has 0 fully saturated rings. The van der Waals surface area contributed by atoms with Gasteiger partial charge in [-0.2, -0.15) is 5.10 Å². The van der Waals surface area contributed by atoms with Gasteiger partial charge in [-0.05, 0) is 32.8 Å². The van der Waals surface area contributed by atoms with Crippen LogP contribution in [-0.2, 0) is 6.54 Å². The van der Waals surface area contributed by atoms with Gasteiger partial charge in [0.1, 0.15) is 0 Å². The molecule has 0 aliphatic carbocycles. The zero-order valence-electron chi connectivity index (χ0n) is 12.3. The molecule has 6 heteroatoms. The number of rotatable bonds is 5. The van der Waals surface area contributed by atoms with Gasteiger partial charge in [-0.15, -0.1) is 0 Å². The molecule has 0 aliphatic rings. The third-order valence-electron chi connectivity index (χ3n) is 3.05. The highest BCUT2D eigenvalue weighted by atomic mass is 16.5. The Kier molecular flexibility index (Phi) is 4.22. The predicted molar refractivity (Wildman–Crippen MR) is 74.4 cm³/mol. The van der Waals surface area contributed by atoms with Crippen molar-refractivity contribution in [2.45, 2.75) is 34.2 Å². The molecule has 108 valence electrons. The van der Waals surface area contributed by atoms with Crippen LogP contribution in [-0.4, -0.2) is 27.4 Å². The first-order valence-corrected chi connectivity index (χ1v) is 6.68. The van der Waals surface area contributed by atoms with Crippen molar-refractivity contribution in [1.29, 1.82) is 0 Å². The van der Waals surface area contributed by atoms with E-state index in [1.165, 1.54) is 0 Å². The highest BCUT2D eigenvalue weighted by molar-refractivity contribution is 5.91. The quantitative estimate of drug-likeness (QED) is 0.904. The standard InChI is InChI=1S/C14H20N4O2/c1-9(8-18-12(4)5-10(2)16-18)7-15-14(19)13-6-11(3)17-20-13/h5-6,9H,7-8H2,1-4H3,(H,15,19)/t9-/m1/s1. The Labute approximate surface area is 118 Å². The second kappa shape index (κ2) is 5.90. The molecule has 0 saturated carbocycles. The molecule has 1 atom stereocenters. The lowest BCUT2D eigenvalue weighted by atomic mass is 10.2. The number of hydrogen-bond donors (Lipinski definition) is 1. The molecule has 20 heavy (non-hydrogen) atoms. The van der Waals surface area contributed by atoms with Crippen molar-refractivity contribution in [2.75, 3.05) is 6.54 Å². The summed E-state index contributed by atoms with van der Waals surface area (Å²) < 4.78 is 6.88. The maximum absolute atomic E-state index is 11.8. The molecule has 2 aromatic heterocycles. The van der Waals surface area contributed by atoms with Crippen molar-refractivity contribution >= 4 is 5.91 Å². The number of nitrogens with zero attached hydrogens (tertiary/aromatic N) is 3. The molecule has 0 radical (unpaired) electrons. The van der Waals surface area contributed by atoms with Gasteiger partial charge in [0, 0.05) is 24.8 Å². The Morgan fingerprint density at radius 2 is 2.10 bits per heavy atom. The van der Waals surface area contributed by atoms with Gasteiger partial charge in [0.15, 0.2) is 0 Å². The Hall–Kier alpha value is -2.11. The van der Waals surface area contributed by atoms with Gasteiger partial charge in [0.25, 0.3) is 5.91 Å². The van der Waals surface area contributed by atoms with Crippen LogP contribution < -0.4 is 5.32 Å². The molecule has 0 aromatic carbocycles. The van der Waals surface area contributed by atoms with Crippen molar-refractivity contribution in [3.8, 4) is 0 Å². The maximum Gasteiger partial charge on any atom is 0.289 e. The fourth-order valence-corrected chi connectivity index (χ4v) is 2.04. The molecule has 0 unspecified atom stereocenters. The van der Waals surface area contributed by atoms with Crippen LogP contribution >= 0.6 is 0 Å². The minimum absolute atomic E-state index is 0.231. The number of nitrogens with one attached hydrogen (secondary N) is 1. The van der Waals surface area contributed by atoms with Crippen molar-refractivity contribution in [1.82, 2.24) is 20.3 Å². The molecule has 2 rings (SSSR count). The normalized spacial score (nSPS) is 12.4. The van der Waals surface area contributed by atoms with Crippen LogP contribution in [0.3, 0.4) is 0 Å². The highest BCUT2D eigenvalue weighted by Gasteiger charge is 2.13. The third kappa shape index (κ3) is 3.46. The van der Waals surface area contributed by atoms with E-state index in [9.17, 15) is 4.79 Å². The fourth-order valence-electron chi connectivity index (χ4n) is 2.04. The molecule has 2 heterocycles. The molecule has 1 N–H and O–H groups in total. The van der Waals surface area contributed by atoms with Crippen molar-refractivity contribution in [3.05, 3.63) is 35.0 Å². The van der Waals surface area contributed by atoms with Crippen LogP contribution in [0.25, 0.3) is 0 Å². The van der Waals surface area contributed by atoms with Crippen LogP contribution in [0.5, 0.6) is 0 Å². The molecule has 0 aliphatic heterocycles. The van der Waals surface area contributed by atoms with E-state index in [1.807, 2.05) is 24.6 Å². The van der Waals surface area contributed by atoms with E-state index in [0.29, 0.717) is 12.2 Å². The number of amides is 1. The van der Waals surface area contributed by atoms with Gasteiger partial charge < -0.3 is 9.84 Å². The van der Waals surface area contributed by atoms with Crippen molar-refractivity contribution in [3.63, 3.8) is 0 Å². The van der Waals surface area contributed by atoms with Gasteiger partial charge in [-0.25, -0.2) is 0 Å². The van der Waals surface area contributed by atoms with Crippen LogP contribution in [0.1, 0.15) is 34.6 Å². The Balaban J connectivity index is 1.84. The number of hydrogen-bond acceptors (Lipinski definition) is 4. The lowest BCUT2D eigenvalue weighted by Gasteiger charge is -2.13. The third-order valence-corrected chi connectivity index (χ3v) is 3.05. The SMILES string of the molecule is Cc1cc(C(=O)NC[C@@H](C)Cn2nc(C)cc2C)on1. The monoisotopic (exact) mass is 276 g/mol. The van der Waals surface area contributed by atoms with E-state index >= 15 is 0 Å². The number of carbonyl (C=O) groups is 1. The van der Waals surface area contributed by atoms with E-state index in [4.69, 9.17) is 4.52 Å². The van der Waals surface area contributed by atoms with Crippen molar-refractivity contribution < 1.29 is 9.32 Å². The first-order chi connectivity index (χ1) is 9.45. The fraction of sp³-hybridized carbons (Fsp3) is 0.500. The Morgan fingerprint density at radius 3 is 2.65 bits per heavy atom. The summed E-state index contributed by atoms with van der Waals surface area (Å²) in [5.41, 5.74) is 2.84. The second-order valence-corrected chi connectivity index (χ2v) is 5.26. The summed E-state index contributed by atoms with van der Waals surface area (Å²) in [4.78, 5) is 11.8. The van der Waals surface area contributed by atoms with E-state index in [-0.39, 0.29) is 17.6 Å². The average molecular weight is 276 g/mol. The van der Waals surface area contributed by atoms with Crippen LogP contribution in [0.15, 0.2) is 16.7 Å². The summed E-state index contributed by atoms with van der Waals surface area (Å²) in [5.74, 6) is 0.299.